The Bertz CT molecular complexity index is 377. The van der Waals surface area contributed by atoms with Crippen molar-refractivity contribution in [1.29, 1.82) is 5.26 Å². The summed E-state index contributed by atoms with van der Waals surface area (Å²) in [6.07, 6.45) is 0. The Balaban J connectivity index is 2.81. The van der Waals surface area contributed by atoms with Crippen molar-refractivity contribution >= 4 is 11.8 Å². The first-order valence-electron chi connectivity index (χ1n) is 5.18. The SMILES string of the molecule is Cc1ccc(SC(C#N)C(C)C)cc1C. The van der Waals surface area contributed by atoms with E-state index in [1.165, 1.54) is 16.0 Å². The quantitative estimate of drug-likeness (QED) is 0.719. The molecule has 1 aromatic rings. The highest BCUT2D eigenvalue weighted by molar-refractivity contribution is 8.00. The van der Waals surface area contributed by atoms with Crippen molar-refractivity contribution in [1.82, 2.24) is 0 Å². The molecule has 80 valence electrons. The van der Waals surface area contributed by atoms with Crippen LogP contribution in [0.2, 0.25) is 0 Å². The highest BCUT2D eigenvalue weighted by Crippen LogP contribution is 2.28. The van der Waals surface area contributed by atoms with Crippen LogP contribution >= 0.6 is 11.8 Å². The summed E-state index contributed by atoms with van der Waals surface area (Å²) in [7, 11) is 0. The first kappa shape index (κ1) is 12.1. The lowest BCUT2D eigenvalue weighted by Crippen LogP contribution is -2.07. The molecule has 1 nitrogen and oxygen atoms in total. The van der Waals surface area contributed by atoms with Gasteiger partial charge in [-0.1, -0.05) is 19.9 Å². The van der Waals surface area contributed by atoms with Crippen LogP contribution in [0.5, 0.6) is 0 Å². The zero-order chi connectivity index (χ0) is 11.4. The molecule has 0 heterocycles. The molecule has 1 atom stereocenters. The lowest BCUT2D eigenvalue weighted by molar-refractivity contribution is 0.685. The van der Waals surface area contributed by atoms with Gasteiger partial charge < -0.3 is 0 Å². The maximum absolute atomic E-state index is 9.01. The lowest BCUT2D eigenvalue weighted by atomic mass is 10.1. The molecule has 0 fully saturated rings. The van der Waals surface area contributed by atoms with Crippen molar-refractivity contribution in [3.8, 4) is 6.07 Å². The molecule has 2 heteroatoms. The summed E-state index contributed by atoms with van der Waals surface area (Å²) in [5, 5.41) is 9.06. The number of benzene rings is 1. The molecule has 0 saturated heterocycles. The molecule has 1 aromatic carbocycles. The van der Waals surface area contributed by atoms with Crippen molar-refractivity contribution < 1.29 is 0 Å². The zero-order valence-electron chi connectivity index (χ0n) is 9.74. The van der Waals surface area contributed by atoms with Gasteiger partial charge in [-0.2, -0.15) is 5.26 Å². The fourth-order valence-electron chi connectivity index (χ4n) is 1.25. The molecule has 0 aromatic heterocycles. The average Bonchev–Trinajstić information content (AvgIpc) is 2.19. The van der Waals surface area contributed by atoms with Crippen LogP contribution < -0.4 is 0 Å². The summed E-state index contributed by atoms with van der Waals surface area (Å²) in [6, 6.07) is 8.72. The smallest absolute Gasteiger partial charge is 0.0986 e. The Morgan fingerprint density at radius 2 is 1.87 bits per heavy atom. The van der Waals surface area contributed by atoms with Gasteiger partial charge in [-0.3, -0.25) is 0 Å². The van der Waals surface area contributed by atoms with Gasteiger partial charge >= 0.3 is 0 Å². The van der Waals surface area contributed by atoms with Gasteiger partial charge in [-0.25, -0.2) is 0 Å². The standard InChI is InChI=1S/C13H17NS/c1-9(2)13(8-14)15-12-6-5-10(3)11(4)7-12/h5-7,9,13H,1-4H3. The van der Waals surface area contributed by atoms with Crippen LogP contribution in [0.15, 0.2) is 23.1 Å². The number of nitriles is 1. The molecule has 1 rings (SSSR count). The van der Waals surface area contributed by atoms with Crippen molar-refractivity contribution in [2.24, 2.45) is 5.92 Å². The number of rotatable bonds is 3. The van der Waals surface area contributed by atoms with Gasteiger partial charge in [-0.05, 0) is 43.0 Å². The van der Waals surface area contributed by atoms with E-state index in [1.54, 1.807) is 11.8 Å². The minimum Gasteiger partial charge on any atom is -0.197 e. The zero-order valence-corrected chi connectivity index (χ0v) is 10.6. The maximum atomic E-state index is 9.01. The molecule has 0 bridgehead atoms. The van der Waals surface area contributed by atoms with Crippen molar-refractivity contribution in [2.45, 2.75) is 37.8 Å². The van der Waals surface area contributed by atoms with Crippen molar-refractivity contribution in [3.63, 3.8) is 0 Å². The molecule has 0 spiro atoms. The molecule has 0 radical (unpaired) electrons. The van der Waals surface area contributed by atoms with Gasteiger partial charge in [0.05, 0.1) is 11.3 Å². The summed E-state index contributed by atoms with van der Waals surface area (Å²) in [6.45, 7) is 8.38. The van der Waals surface area contributed by atoms with E-state index in [1.807, 2.05) is 0 Å². The maximum Gasteiger partial charge on any atom is 0.0986 e. The first-order chi connectivity index (χ1) is 7.04. The monoisotopic (exact) mass is 219 g/mol. The Labute approximate surface area is 96.5 Å². The van der Waals surface area contributed by atoms with E-state index in [0.717, 1.165) is 0 Å². The van der Waals surface area contributed by atoms with E-state index in [2.05, 4.69) is 52.0 Å². The second-order valence-electron chi connectivity index (χ2n) is 4.16. The van der Waals surface area contributed by atoms with Gasteiger partial charge in [-0.15, -0.1) is 11.8 Å². The molecule has 0 aliphatic carbocycles. The Morgan fingerprint density at radius 1 is 1.20 bits per heavy atom. The summed E-state index contributed by atoms with van der Waals surface area (Å²) >= 11 is 1.66. The molecule has 0 amide bonds. The highest BCUT2D eigenvalue weighted by Gasteiger charge is 2.13. The fourth-order valence-corrected chi connectivity index (χ4v) is 2.25. The second kappa shape index (κ2) is 5.23. The van der Waals surface area contributed by atoms with Crippen LogP contribution in [-0.4, -0.2) is 5.25 Å². The molecule has 1 unspecified atom stereocenters. The number of thioether (sulfide) groups is 1. The van der Waals surface area contributed by atoms with Crippen LogP contribution in [0.4, 0.5) is 0 Å². The van der Waals surface area contributed by atoms with E-state index in [9.17, 15) is 0 Å². The summed E-state index contributed by atoms with van der Waals surface area (Å²) in [5.41, 5.74) is 2.60. The Kier molecular flexibility index (Phi) is 4.23. The summed E-state index contributed by atoms with van der Waals surface area (Å²) in [5.74, 6) is 0.390. The van der Waals surface area contributed by atoms with Gasteiger partial charge in [0.2, 0.25) is 0 Å². The Morgan fingerprint density at radius 3 is 2.33 bits per heavy atom. The average molecular weight is 219 g/mol. The van der Waals surface area contributed by atoms with Crippen LogP contribution in [-0.2, 0) is 0 Å². The molecular formula is C13H17NS. The number of nitrogens with zero attached hydrogens (tertiary/aromatic N) is 1. The third-order valence-corrected chi connectivity index (χ3v) is 3.90. The summed E-state index contributed by atoms with van der Waals surface area (Å²) < 4.78 is 0. The van der Waals surface area contributed by atoms with E-state index in [0.29, 0.717) is 5.92 Å². The molecule has 15 heavy (non-hydrogen) atoms. The van der Waals surface area contributed by atoms with Crippen LogP contribution in [0, 0.1) is 31.1 Å². The third kappa shape index (κ3) is 3.28. The molecule has 0 aliphatic rings. The minimum atomic E-state index is 0.0482. The van der Waals surface area contributed by atoms with Crippen molar-refractivity contribution in [3.05, 3.63) is 29.3 Å². The van der Waals surface area contributed by atoms with Crippen LogP contribution in [0.3, 0.4) is 0 Å². The highest BCUT2D eigenvalue weighted by atomic mass is 32.2. The number of hydrogen-bond donors (Lipinski definition) is 0. The van der Waals surface area contributed by atoms with Crippen molar-refractivity contribution in [2.75, 3.05) is 0 Å². The number of hydrogen-bond acceptors (Lipinski definition) is 2. The van der Waals surface area contributed by atoms with Gasteiger partial charge in [0.15, 0.2) is 0 Å². The van der Waals surface area contributed by atoms with E-state index in [-0.39, 0.29) is 5.25 Å². The molecule has 0 N–H and O–H groups in total. The van der Waals surface area contributed by atoms with Gasteiger partial charge in [0, 0.05) is 4.90 Å². The second-order valence-corrected chi connectivity index (χ2v) is 5.37. The normalized spacial score (nSPS) is 12.5. The van der Waals surface area contributed by atoms with Crippen LogP contribution in [0.1, 0.15) is 25.0 Å². The molecule has 0 aliphatic heterocycles. The van der Waals surface area contributed by atoms with E-state index in [4.69, 9.17) is 5.26 Å². The lowest BCUT2D eigenvalue weighted by Gasteiger charge is -2.13. The summed E-state index contributed by atoms with van der Waals surface area (Å²) in [4.78, 5) is 1.19. The minimum absolute atomic E-state index is 0.0482. The largest absolute Gasteiger partial charge is 0.197 e. The van der Waals surface area contributed by atoms with Crippen LogP contribution in [0.25, 0.3) is 0 Å². The first-order valence-corrected chi connectivity index (χ1v) is 6.06. The van der Waals surface area contributed by atoms with E-state index >= 15 is 0 Å². The van der Waals surface area contributed by atoms with E-state index < -0.39 is 0 Å². The molecular weight excluding hydrogens is 202 g/mol. The number of aryl methyl sites for hydroxylation is 2. The third-order valence-electron chi connectivity index (χ3n) is 2.47. The predicted octanol–water partition coefficient (Wildman–Crippen LogP) is 3.94. The fraction of sp³-hybridized carbons (Fsp3) is 0.462. The topological polar surface area (TPSA) is 23.8 Å². The predicted molar refractivity (Wildman–Crippen MR) is 66.0 cm³/mol. The van der Waals surface area contributed by atoms with Gasteiger partial charge in [0.1, 0.15) is 0 Å². The van der Waals surface area contributed by atoms with Gasteiger partial charge in [0.25, 0.3) is 0 Å². The Hall–Kier alpha value is -0.940. The molecule has 0 saturated carbocycles.